The van der Waals surface area contributed by atoms with Crippen LogP contribution in [0.15, 0.2) is 11.6 Å². The molecule has 1 atom stereocenters. The zero-order valence-electron chi connectivity index (χ0n) is 9.31. The first-order chi connectivity index (χ1) is 6.33. The van der Waals surface area contributed by atoms with E-state index in [0.29, 0.717) is 0 Å². The van der Waals surface area contributed by atoms with Gasteiger partial charge in [0.05, 0.1) is 0 Å². The summed E-state index contributed by atoms with van der Waals surface area (Å²) in [6.45, 7) is 4.65. The van der Waals surface area contributed by atoms with Gasteiger partial charge in [0.1, 0.15) is 0 Å². The quantitative estimate of drug-likeness (QED) is 0.550. The smallest absolute Gasteiger partial charge is 0.0259 e. The molecule has 0 amide bonds. The number of allylic oxidation sites excluding steroid dienone is 2. The summed E-state index contributed by atoms with van der Waals surface area (Å²) in [6.07, 6.45) is 13.8. The fourth-order valence-corrected chi connectivity index (χ4v) is 2.18. The zero-order valence-corrected chi connectivity index (χ0v) is 9.31. The Kier molecular flexibility index (Phi) is 5.19. The maximum atomic E-state index is 2.55. The van der Waals surface area contributed by atoms with Gasteiger partial charge in [0.25, 0.3) is 0 Å². The first-order valence-electron chi connectivity index (χ1n) is 6.02. The van der Waals surface area contributed by atoms with Crippen LogP contribution in [-0.4, -0.2) is 0 Å². The maximum absolute atomic E-state index is 2.55. The topological polar surface area (TPSA) is 0 Å². The molecule has 1 unspecified atom stereocenters. The van der Waals surface area contributed by atoms with E-state index in [4.69, 9.17) is 0 Å². The summed E-state index contributed by atoms with van der Waals surface area (Å²) in [5, 5.41) is 0. The molecule has 13 heavy (non-hydrogen) atoms. The molecule has 0 nitrogen and oxygen atoms in total. The van der Waals surface area contributed by atoms with Crippen molar-refractivity contribution in [2.75, 3.05) is 0 Å². The molecular weight excluding hydrogens is 156 g/mol. The van der Waals surface area contributed by atoms with Gasteiger partial charge in [-0.05, 0) is 38.0 Å². The van der Waals surface area contributed by atoms with Crippen molar-refractivity contribution in [3.63, 3.8) is 0 Å². The number of unbranched alkanes of at least 4 members (excludes halogenated alkanes) is 1. The summed E-state index contributed by atoms with van der Waals surface area (Å²) in [5.74, 6) is 0.827. The molecule has 1 aliphatic rings. The normalized spacial score (nSPS) is 20.0. The molecule has 0 bridgehead atoms. The molecule has 1 saturated carbocycles. The summed E-state index contributed by atoms with van der Waals surface area (Å²) in [4.78, 5) is 0. The standard InChI is InChI=1S/C13H24/c1-3-4-8-12(2)11-13-9-6-5-7-10-13/h11-12H,3-10H2,1-2H3. The Morgan fingerprint density at radius 1 is 1.23 bits per heavy atom. The van der Waals surface area contributed by atoms with Crippen molar-refractivity contribution in [2.45, 2.75) is 65.2 Å². The SMILES string of the molecule is CCCCC(C)C=C1CCCCC1. The highest BCUT2D eigenvalue weighted by molar-refractivity contribution is 5.05. The van der Waals surface area contributed by atoms with E-state index in [1.807, 2.05) is 0 Å². The molecule has 0 saturated heterocycles. The highest BCUT2D eigenvalue weighted by Crippen LogP contribution is 2.25. The van der Waals surface area contributed by atoms with Gasteiger partial charge in [-0.1, -0.05) is 44.8 Å². The van der Waals surface area contributed by atoms with Crippen molar-refractivity contribution in [2.24, 2.45) is 5.92 Å². The molecule has 0 aromatic rings. The van der Waals surface area contributed by atoms with Crippen molar-refractivity contribution in [1.82, 2.24) is 0 Å². The highest BCUT2D eigenvalue weighted by atomic mass is 14.1. The van der Waals surface area contributed by atoms with E-state index in [9.17, 15) is 0 Å². The van der Waals surface area contributed by atoms with Crippen LogP contribution < -0.4 is 0 Å². The first kappa shape index (κ1) is 10.8. The summed E-state index contributed by atoms with van der Waals surface area (Å²) < 4.78 is 0. The summed E-state index contributed by atoms with van der Waals surface area (Å²) >= 11 is 0. The van der Waals surface area contributed by atoms with E-state index in [2.05, 4.69) is 19.9 Å². The van der Waals surface area contributed by atoms with Gasteiger partial charge in [0.2, 0.25) is 0 Å². The van der Waals surface area contributed by atoms with Gasteiger partial charge < -0.3 is 0 Å². The van der Waals surface area contributed by atoms with Crippen molar-refractivity contribution >= 4 is 0 Å². The number of rotatable bonds is 4. The molecule has 0 radical (unpaired) electrons. The van der Waals surface area contributed by atoms with Gasteiger partial charge in [0, 0.05) is 0 Å². The van der Waals surface area contributed by atoms with Crippen LogP contribution in [-0.2, 0) is 0 Å². The number of hydrogen-bond acceptors (Lipinski definition) is 0. The van der Waals surface area contributed by atoms with Crippen LogP contribution >= 0.6 is 0 Å². The molecule has 0 heteroatoms. The Morgan fingerprint density at radius 3 is 2.54 bits per heavy atom. The molecule has 0 aromatic heterocycles. The third kappa shape index (κ3) is 4.50. The Bertz CT molecular complexity index is 147. The zero-order chi connectivity index (χ0) is 9.52. The van der Waals surface area contributed by atoms with E-state index in [1.54, 1.807) is 5.57 Å². The minimum atomic E-state index is 0.827. The predicted molar refractivity (Wildman–Crippen MR) is 59.9 cm³/mol. The molecule has 76 valence electrons. The van der Waals surface area contributed by atoms with Gasteiger partial charge in [-0.25, -0.2) is 0 Å². The molecule has 0 aromatic carbocycles. The van der Waals surface area contributed by atoms with Crippen LogP contribution in [0.3, 0.4) is 0 Å². The molecule has 0 N–H and O–H groups in total. The Balaban J connectivity index is 2.25. The van der Waals surface area contributed by atoms with E-state index >= 15 is 0 Å². The summed E-state index contributed by atoms with van der Waals surface area (Å²) in [6, 6.07) is 0. The third-order valence-corrected chi connectivity index (χ3v) is 3.03. The minimum Gasteiger partial charge on any atom is -0.0825 e. The van der Waals surface area contributed by atoms with Crippen molar-refractivity contribution in [1.29, 1.82) is 0 Å². The lowest BCUT2D eigenvalue weighted by molar-refractivity contribution is 0.562. The van der Waals surface area contributed by atoms with Gasteiger partial charge in [-0.15, -0.1) is 0 Å². The maximum Gasteiger partial charge on any atom is -0.0259 e. The molecule has 0 spiro atoms. The average Bonchev–Trinajstić information content (AvgIpc) is 2.16. The largest absolute Gasteiger partial charge is 0.0825 e. The lowest BCUT2D eigenvalue weighted by Crippen LogP contribution is -1.97. The van der Waals surface area contributed by atoms with Crippen LogP contribution in [0.2, 0.25) is 0 Å². The van der Waals surface area contributed by atoms with E-state index < -0.39 is 0 Å². The molecule has 1 aliphatic carbocycles. The van der Waals surface area contributed by atoms with Crippen molar-refractivity contribution in [3.05, 3.63) is 11.6 Å². The van der Waals surface area contributed by atoms with E-state index in [0.717, 1.165) is 5.92 Å². The predicted octanol–water partition coefficient (Wildman–Crippen LogP) is 4.70. The van der Waals surface area contributed by atoms with Crippen molar-refractivity contribution in [3.8, 4) is 0 Å². The molecule has 0 heterocycles. The third-order valence-electron chi connectivity index (χ3n) is 3.03. The van der Waals surface area contributed by atoms with Crippen LogP contribution in [0, 0.1) is 5.92 Å². The fraction of sp³-hybridized carbons (Fsp3) is 0.846. The van der Waals surface area contributed by atoms with E-state index in [-0.39, 0.29) is 0 Å². The van der Waals surface area contributed by atoms with E-state index in [1.165, 1.54) is 51.4 Å². The summed E-state index contributed by atoms with van der Waals surface area (Å²) in [5.41, 5.74) is 1.75. The average molecular weight is 180 g/mol. The minimum absolute atomic E-state index is 0.827. The first-order valence-corrected chi connectivity index (χ1v) is 6.02. The Morgan fingerprint density at radius 2 is 1.92 bits per heavy atom. The monoisotopic (exact) mass is 180 g/mol. The van der Waals surface area contributed by atoms with Gasteiger partial charge in [-0.2, -0.15) is 0 Å². The van der Waals surface area contributed by atoms with Gasteiger partial charge in [0.15, 0.2) is 0 Å². The molecule has 0 aliphatic heterocycles. The second-order valence-corrected chi connectivity index (χ2v) is 4.51. The fourth-order valence-electron chi connectivity index (χ4n) is 2.18. The highest BCUT2D eigenvalue weighted by Gasteiger charge is 2.06. The summed E-state index contributed by atoms with van der Waals surface area (Å²) in [7, 11) is 0. The van der Waals surface area contributed by atoms with Crippen LogP contribution in [0.25, 0.3) is 0 Å². The molecule has 1 fully saturated rings. The van der Waals surface area contributed by atoms with Crippen LogP contribution in [0.4, 0.5) is 0 Å². The molecule has 1 rings (SSSR count). The second-order valence-electron chi connectivity index (χ2n) is 4.51. The Hall–Kier alpha value is -0.260. The molecular formula is C13H24. The van der Waals surface area contributed by atoms with Crippen LogP contribution in [0.1, 0.15) is 65.2 Å². The second kappa shape index (κ2) is 6.23. The lowest BCUT2D eigenvalue weighted by atomic mass is 9.91. The van der Waals surface area contributed by atoms with Crippen molar-refractivity contribution < 1.29 is 0 Å². The number of hydrogen-bond donors (Lipinski definition) is 0. The Labute approximate surface area is 83.4 Å². The van der Waals surface area contributed by atoms with Gasteiger partial charge >= 0.3 is 0 Å². The van der Waals surface area contributed by atoms with Crippen LogP contribution in [0.5, 0.6) is 0 Å². The van der Waals surface area contributed by atoms with Gasteiger partial charge in [-0.3, -0.25) is 0 Å². The lowest BCUT2D eigenvalue weighted by Gasteiger charge is -2.15.